The van der Waals surface area contributed by atoms with E-state index in [1.165, 1.54) is 0 Å². The predicted molar refractivity (Wildman–Crippen MR) is 70.0 cm³/mol. The number of carbonyl (C=O) groups is 1. The zero-order valence-electron chi connectivity index (χ0n) is 8.28. The molecule has 0 fully saturated rings. The Labute approximate surface area is 107 Å². The van der Waals surface area contributed by atoms with Gasteiger partial charge in [0.15, 0.2) is 0 Å². The van der Waals surface area contributed by atoms with Gasteiger partial charge in [-0.3, -0.25) is 4.79 Å². The van der Waals surface area contributed by atoms with Gasteiger partial charge in [0, 0.05) is 20.6 Å². The van der Waals surface area contributed by atoms with Gasteiger partial charge >= 0.3 is 0 Å². The van der Waals surface area contributed by atoms with Gasteiger partial charge in [-0.1, -0.05) is 45.7 Å². The van der Waals surface area contributed by atoms with E-state index >= 15 is 0 Å². The fraction of sp³-hybridized carbons (Fsp3) is 0. The number of aldehydes is 1. The van der Waals surface area contributed by atoms with Crippen LogP contribution in [0.25, 0.3) is 11.1 Å². The van der Waals surface area contributed by atoms with E-state index in [2.05, 4.69) is 15.9 Å². The Kier molecular flexibility index (Phi) is 3.42. The van der Waals surface area contributed by atoms with E-state index in [1.807, 2.05) is 24.3 Å². The van der Waals surface area contributed by atoms with E-state index in [4.69, 9.17) is 11.6 Å². The summed E-state index contributed by atoms with van der Waals surface area (Å²) in [6.45, 7) is 0. The normalized spacial score (nSPS) is 10.1. The van der Waals surface area contributed by atoms with Crippen LogP contribution >= 0.6 is 27.5 Å². The maximum absolute atomic E-state index is 10.7. The molecule has 0 aliphatic heterocycles. The molecule has 3 heteroatoms. The second kappa shape index (κ2) is 4.81. The molecule has 0 atom stereocenters. The maximum Gasteiger partial charge on any atom is 0.150 e. The van der Waals surface area contributed by atoms with Crippen LogP contribution in [0.2, 0.25) is 5.02 Å². The molecule has 0 N–H and O–H groups in total. The van der Waals surface area contributed by atoms with Crippen LogP contribution < -0.4 is 0 Å². The molecule has 0 unspecified atom stereocenters. The molecule has 2 aromatic carbocycles. The average molecular weight is 296 g/mol. The number of benzene rings is 2. The molecule has 0 saturated carbocycles. The zero-order chi connectivity index (χ0) is 11.5. The van der Waals surface area contributed by atoms with Crippen LogP contribution in [0, 0.1) is 0 Å². The third kappa shape index (κ3) is 2.34. The first-order valence-electron chi connectivity index (χ1n) is 4.71. The van der Waals surface area contributed by atoms with Gasteiger partial charge in [-0.15, -0.1) is 0 Å². The van der Waals surface area contributed by atoms with Gasteiger partial charge in [0.2, 0.25) is 0 Å². The first kappa shape index (κ1) is 11.4. The highest BCUT2D eigenvalue weighted by atomic mass is 79.9. The van der Waals surface area contributed by atoms with Crippen molar-refractivity contribution in [2.75, 3.05) is 0 Å². The van der Waals surface area contributed by atoms with Gasteiger partial charge in [0.25, 0.3) is 0 Å². The van der Waals surface area contributed by atoms with Gasteiger partial charge in [0.05, 0.1) is 0 Å². The van der Waals surface area contributed by atoms with E-state index in [9.17, 15) is 4.79 Å². The summed E-state index contributed by atoms with van der Waals surface area (Å²) < 4.78 is 1.01. The minimum absolute atomic E-state index is 0.627. The summed E-state index contributed by atoms with van der Waals surface area (Å²) in [6, 6.07) is 13.0. The van der Waals surface area contributed by atoms with Crippen LogP contribution in [0.5, 0.6) is 0 Å². The monoisotopic (exact) mass is 294 g/mol. The molecule has 80 valence electrons. The van der Waals surface area contributed by atoms with E-state index in [0.717, 1.165) is 21.9 Å². The fourth-order valence-electron chi connectivity index (χ4n) is 1.47. The van der Waals surface area contributed by atoms with E-state index in [-0.39, 0.29) is 0 Å². The fourth-order valence-corrected chi connectivity index (χ4v) is 1.96. The van der Waals surface area contributed by atoms with Crippen molar-refractivity contribution in [2.24, 2.45) is 0 Å². The lowest BCUT2D eigenvalue weighted by Gasteiger charge is -2.05. The van der Waals surface area contributed by atoms with E-state index in [0.29, 0.717) is 10.6 Å². The lowest BCUT2D eigenvalue weighted by Crippen LogP contribution is -1.84. The summed E-state index contributed by atoms with van der Waals surface area (Å²) in [5, 5.41) is 0.646. The summed E-state index contributed by atoms with van der Waals surface area (Å²) in [5.41, 5.74) is 2.50. The lowest BCUT2D eigenvalue weighted by molar-refractivity contribution is 0.112. The Morgan fingerprint density at radius 1 is 1.06 bits per heavy atom. The van der Waals surface area contributed by atoms with E-state index < -0.39 is 0 Å². The summed E-state index contributed by atoms with van der Waals surface area (Å²) in [6.07, 6.45) is 0.818. The number of halogens is 2. The second-order valence-electron chi connectivity index (χ2n) is 3.36. The highest BCUT2D eigenvalue weighted by Crippen LogP contribution is 2.29. The van der Waals surface area contributed by atoms with Crippen molar-refractivity contribution in [3.8, 4) is 11.1 Å². The highest BCUT2D eigenvalue weighted by molar-refractivity contribution is 9.10. The van der Waals surface area contributed by atoms with Crippen molar-refractivity contribution >= 4 is 33.8 Å². The largest absolute Gasteiger partial charge is 0.298 e. The number of hydrogen-bond acceptors (Lipinski definition) is 1. The summed E-state index contributed by atoms with van der Waals surface area (Å²) >= 11 is 9.48. The molecule has 0 amide bonds. The summed E-state index contributed by atoms with van der Waals surface area (Å²) in [7, 11) is 0. The molecule has 0 spiro atoms. The molecule has 0 radical (unpaired) electrons. The van der Waals surface area contributed by atoms with Crippen molar-refractivity contribution in [2.45, 2.75) is 0 Å². The smallest absolute Gasteiger partial charge is 0.150 e. The number of carbonyl (C=O) groups excluding carboxylic acids is 1. The molecule has 0 aromatic heterocycles. The third-order valence-electron chi connectivity index (χ3n) is 2.28. The SMILES string of the molecule is O=Cc1ccc(Cl)c(-c2ccc(Br)cc2)c1. The van der Waals surface area contributed by atoms with Crippen molar-refractivity contribution < 1.29 is 4.79 Å². The zero-order valence-corrected chi connectivity index (χ0v) is 10.6. The van der Waals surface area contributed by atoms with Crippen molar-refractivity contribution in [1.82, 2.24) is 0 Å². The van der Waals surface area contributed by atoms with Crippen LogP contribution in [0.15, 0.2) is 46.9 Å². The Hall–Kier alpha value is -1.12. The number of rotatable bonds is 2. The quantitative estimate of drug-likeness (QED) is 0.741. The molecule has 0 bridgehead atoms. The molecular formula is C13H8BrClO. The summed E-state index contributed by atoms with van der Waals surface area (Å²) in [4.78, 5) is 10.7. The molecule has 0 saturated heterocycles. The molecular weight excluding hydrogens is 287 g/mol. The van der Waals surface area contributed by atoms with Crippen LogP contribution in [0.3, 0.4) is 0 Å². The Morgan fingerprint density at radius 2 is 1.75 bits per heavy atom. The highest BCUT2D eigenvalue weighted by Gasteiger charge is 2.04. The van der Waals surface area contributed by atoms with Gasteiger partial charge in [-0.2, -0.15) is 0 Å². The molecule has 2 aromatic rings. The maximum atomic E-state index is 10.7. The second-order valence-corrected chi connectivity index (χ2v) is 4.69. The van der Waals surface area contributed by atoms with Crippen LogP contribution in [-0.4, -0.2) is 6.29 Å². The van der Waals surface area contributed by atoms with Crippen molar-refractivity contribution in [3.63, 3.8) is 0 Å². The standard InChI is InChI=1S/C13H8BrClO/c14-11-4-2-10(3-5-11)12-7-9(8-16)1-6-13(12)15/h1-8H. The Morgan fingerprint density at radius 3 is 2.38 bits per heavy atom. The van der Waals surface area contributed by atoms with Crippen molar-refractivity contribution in [1.29, 1.82) is 0 Å². The molecule has 0 aliphatic carbocycles. The van der Waals surface area contributed by atoms with Gasteiger partial charge in [0.1, 0.15) is 6.29 Å². The molecule has 0 aliphatic rings. The first-order chi connectivity index (χ1) is 7.70. The average Bonchev–Trinajstić information content (AvgIpc) is 2.31. The summed E-state index contributed by atoms with van der Waals surface area (Å²) in [5.74, 6) is 0. The Bertz CT molecular complexity index is 520. The van der Waals surface area contributed by atoms with Crippen LogP contribution in [0.1, 0.15) is 10.4 Å². The topological polar surface area (TPSA) is 17.1 Å². The lowest BCUT2D eigenvalue weighted by atomic mass is 10.0. The van der Waals surface area contributed by atoms with Gasteiger partial charge in [-0.05, 0) is 29.8 Å². The predicted octanol–water partition coefficient (Wildman–Crippen LogP) is 4.58. The number of hydrogen-bond donors (Lipinski definition) is 0. The Balaban J connectivity index is 2.54. The first-order valence-corrected chi connectivity index (χ1v) is 5.88. The van der Waals surface area contributed by atoms with Gasteiger partial charge in [-0.25, -0.2) is 0 Å². The molecule has 0 heterocycles. The minimum atomic E-state index is 0.627. The van der Waals surface area contributed by atoms with Gasteiger partial charge < -0.3 is 0 Å². The van der Waals surface area contributed by atoms with Crippen LogP contribution in [0.4, 0.5) is 0 Å². The molecule has 16 heavy (non-hydrogen) atoms. The third-order valence-corrected chi connectivity index (χ3v) is 3.14. The molecule has 1 nitrogen and oxygen atoms in total. The van der Waals surface area contributed by atoms with E-state index in [1.54, 1.807) is 18.2 Å². The molecule has 2 rings (SSSR count). The van der Waals surface area contributed by atoms with Crippen LogP contribution in [-0.2, 0) is 0 Å². The van der Waals surface area contributed by atoms with Crippen molar-refractivity contribution in [3.05, 3.63) is 57.5 Å². The minimum Gasteiger partial charge on any atom is -0.298 e.